The Kier molecular flexibility index (Phi) is 31.7. The first kappa shape index (κ1) is 9.34. The van der Waals surface area contributed by atoms with Gasteiger partial charge in [-0.1, -0.05) is 0 Å². The molecule has 1 radical (unpaired) electrons. The number of hydrogen-bond donors (Lipinski definition) is 3. The summed E-state index contributed by atoms with van der Waals surface area (Å²) in [6, 6.07) is 0. The summed E-state index contributed by atoms with van der Waals surface area (Å²) in [5.41, 5.74) is 0. The van der Waals surface area contributed by atoms with Gasteiger partial charge in [-0.3, -0.25) is 0 Å². The highest BCUT2D eigenvalue weighted by molar-refractivity contribution is 6.13. The van der Waals surface area contributed by atoms with Crippen LogP contribution in [-0.2, 0) is 0 Å². The van der Waals surface area contributed by atoms with E-state index < -0.39 is 0 Å². The zero-order chi connectivity index (χ0) is 5.41. The molecule has 0 amide bonds. The van der Waals surface area contributed by atoms with Crippen LogP contribution in [0.5, 0.6) is 0 Å². The summed E-state index contributed by atoms with van der Waals surface area (Å²) >= 11 is 0. The molecule has 0 aliphatic rings. The predicted molar refractivity (Wildman–Crippen MR) is 23.0 cm³/mol. The number of rotatable bonds is 0. The van der Waals surface area contributed by atoms with E-state index in [2.05, 4.69) is 0 Å². The van der Waals surface area contributed by atoms with Crippen LogP contribution in [0.3, 0.4) is 0 Å². The average Bonchev–Trinajstić information content (AvgIpc) is 1.39. The maximum absolute atomic E-state index is 7.57. The summed E-state index contributed by atoms with van der Waals surface area (Å²) in [6.45, 7) is 1.93. The van der Waals surface area contributed by atoms with E-state index in [1.165, 1.54) is 0 Å². The topological polar surface area (TPSA) is 60.7 Å². The lowest BCUT2D eigenvalue weighted by atomic mass is 10.5. The summed E-state index contributed by atoms with van der Waals surface area (Å²) in [5.74, 6) is 0. The molecule has 0 unspecified atom stereocenters. The fourth-order valence-electron chi connectivity index (χ4n) is 0. The highest BCUT2D eigenvalue weighted by Crippen LogP contribution is 1.30. The maximum atomic E-state index is 7.57. The molecule has 0 fully saturated rings. The molecular formula is C2H8BO3. The minimum absolute atomic E-state index is 0. The third kappa shape index (κ3) is 11300. The summed E-state index contributed by atoms with van der Waals surface area (Å²) in [7, 11) is 0. The Bertz CT molecular complexity index is 10.8. The van der Waals surface area contributed by atoms with Crippen molar-refractivity contribution in [1.29, 1.82) is 0 Å². The van der Waals surface area contributed by atoms with Crippen molar-refractivity contribution in [2.75, 3.05) is 6.61 Å². The van der Waals surface area contributed by atoms with E-state index in [9.17, 15) is 0 Å². The van der Waals surface area contributed by atoms with E-state index in [1.807, 2.05) is 0 Å². The standard InChI is InChI=1S/C2H6O.BH2O2/c1-2-3;2-1-3/h3H,2H2,1H3;2-3H. The Morgan fingerprint density at radius 1 is 1.50 bits per heavy atom. The van der Waals surface area contributed by atoms with Gasteiger partial charge in [0.15, 0.2) is 0 Å². The van der Waals surface area contributed by atoms with Gasteiger partial charge in [-0.2, -0.15) is 0 Å². The lowest BCUT2D eigenvalue weighted by Crippen LogP contribution is -1.75. The molecule has 0 aliphatic carbocycles. The molecule has 6 heavy (non-hydrogen) atoms. The molecule has 37 valence electrons. The van der Waals surface area contributed by atoms with E-state index in [0.717, 1.165) is 0 Å². The summed E-state index contributed by atoms with van der Waals surface area (Å²) in [6.07, 6.45) is 0. The van der Waals surface area contributed by atoms with Gasteiger partial charge in [-0.05, 0) is 6.92 Å². The van der Waals surface area contributed by atoms with Crippen molar-refractivity contribution < 1.29 is 15.2 Å². The number of aliphatic hydroxyl groups is 1. The first-order valence-corrected chi connectivity index (χ1v) is 1.54. The third-order valence-electron chi connectivity index (χ3n) is 0. The summed E-state index contributed by atoms with van der Waals surface area (Å²) in [4.78, 5) is 0. The van der Waals surface area contributed by atoms with Crippen molar-refractivity contribution >= 4 is 7.69 Å². The van der Waals surface area contributed by atoms with Gasteiger partial charge in [0.05, 0.1) is 0 Å². The number of hydrogen-bond acceptors (Lipinski definition) is 3. The van der Waals surface area contributed by atoms with Gasteiger partial charge >= 0.3 is 7.69 Å². The van der Waals surface area contributed by atoms with Gasteiger partial charge in [-0.15, -0.1) is 0 Å². The first-order chi connectivity index (χ1) is 2.83. The minimum Gasteiger partial charge on any atom is -0.429 e. The molecule has 0 saturated carbocycles. The lowest BCUT2D eigenvalue weighted by molar-refractivity contribution is 0.318. The fourth-order valence-corrected chi connectivity index (χ4v) is 0. The molecule has 3 nitrogen and oxygen atoms in total. The fraction of sp³-hybridized carbons (Fsp3) is 1.00. The molecule has 0 aromatic carbocycles. The van der Waals surface area contributed by atoms with Crippen LogP contribution in [0.1, 0.15) is 6.92 Å². The summed E-state index contributed by atoms with van der Waals surface area (Å²) in [5, 5.41) is 21.6. The Morgan fingerprint density at radius 2 is 1.50 bits per heavy atom. The lowest BCUT2D eigenvalue weighted by Gasteiger charge is -1.52. The van der Waals surface area contributed by atoms with Crippen LogP contribution < -0.4 is 0 Å². The zero-order valence-corrected chi connectivity index (χ0v) is 3.63. The largest absolute Gasteiger partial charge is 0.482 e. The van der Waals surface area contributed by atoms with Crippen molar-refractivity contribution in [3.63, 3.8) is 0 Å². The van der Waals surface area contributed by atoms with E-state index in [1.54, 1.807) is 6.92 Å². The predicted octanol–water partition coefficient (Wildman–Crippen LogP) is -1.50. The average molecular weight is 90.9 g/mol. The maximum Gasteiger partial charge on any atom is 0.482 e. The van der Waals surface area contributed by atoms with Crippen molar-refractivity contribution in [2.24, 2.45) is 0 Å². The molecule has 0 saturated heterocycles. The third-order valence-corrected chi connectivity index (χ3v) is 0. The highest BCUT2D eigenvalue weighted by Gasteiger charge is 1.51. The van der Waals surface area contributed by atoms with Crippen LogP contribution >= 0.6 is 0 Å². The van der Waals surface area contributed by atoms with Gasteiger partial charge in [0.25, 0.3) is 0 Å². The molecule has 0 aromatic rings. The Hall–Kier alpha value is -0.0551. The second-order valence-electron chi connectivity index (χ2n) is 0.432. The van der Waals surface area contributed by atoms with Crippen LogP contribution in [0.15, 0.2) is 0 Å². The normalized spacial score (nSPS) is 5.33. The minimum atomic E-state index is 0. The Morgan fingerprint density at radius 3 is 1.50 bits per heavy atom. The smallest absolute Gasteiger partial charge is 0.429 e. The van der Waals surface area contributed by atoms with E-state index >= 15 is 0 Å². The molecule has 0 aromatic heterocycles. The molecule has 0 rings (SSSR count). The molecule has 0 heterocycles. The first-order valence-electron chi connectivity index (χ1n) is 1.54. The van der Waals surface area contributed by atoms with Crippen LogP contribution in [-0.4, -0.2) is 29.4 Å². The van der Waals surface area contributed by atoms with Gasteiger partial charge in [0.1, 0.15) is 0 Å². The van der Waals surface area contributed by atoms with Gasteiger partial charge < -0.3 is 15.2 Å². The highest BCUT2D eigenvalue weighted by atomic mass is 16.4. The van der Waals surface area contributed by atoms with E-state index in [-0.39, 0.29) is 14.3 Å². The monoisotopic (exact) mass is 91.1 g/mol. The Balaban J connectivity index is 0. The second kappa shape index (κ2) is 20.3. The van der Waals surface area contributed by atoms with Crippen molar-refractivity contribution in [3.8, 4) is 0 Å². The van der Waals surface area contributed by atoms with Crippen LogP contribution in [0, 0.1) is 0 Å². The van der Waals surface area contributed by atoms with Crippen molar-refractivity contribution in [3.05, 3.63) is 0 Å². The van der Waals surface area contributed by atoms with Crippen molar-refractivity contribution in [1.82, 2.24) is 0 Å². The van der Waals surface area contributed by atoms with Crippen molar-refractivity contribution in [2.45, 2.75) is 6.92 Å². The molecule has 4 heteroatoms. The molecular weight excluding hydrogens is 82.8 g/mol. The molecule has 0 spiro atoms. The Labute approximate surface area is 37.5 Å². The van der Waals surface area contributed by atoms with Gasteiger partial charge in [0.2, 0.25) is 0 Å². The van der Waals surface area contributed by atoms with Crippen LogP contribution in [0.2, 0.25) is 0 Å². The van der Waals surface area contributed by atoms with Crippen LogP contribution in [0.25, 0.3) is 0 Å². The number of aliphatic hydroxyl groups excluding tert-OH is 1. The zero-order valence-electron chi connectivity index (χ0n) is 3.63. The molecule has 0 bridgehead atoms. The molecule has 0 aliphatic heterocycles. The van der Waals surface area contributed by atoms with Crippen LogP contribution in [0.4, 0.5) is 0 Å². The summed E-state index contributed by atoms with van der Waals surface area (Å²) < 4.78 is 0. The second-order valence-corrected chi connectivity index (χ2v) is 0.432. The van der Waals surface area contributed by atoms with Gasteiger partial charge in [-0.25, -0.2) is 0 Å². The van der Waals surface area contributed by atoms with E-state index in [0.29, 0.717) is 0 Å². The molecule has 0 atom stereocenters. The van der Waals surface area contributed by atoms with Gasteiger partial charge in [0, 0.05) is 6.61 Å². The quantitative estimate of drug-likeness (QED) is 0.318. The molecule has 3 N–H and O–H groups in total. The van der Waals surface area contributed by atoms with E-state index in [4.69, 9.17) is 15.2 Å². The SMILES string of the molecule is CCO.O[B]O.